The van der Waals surface area contributed by atoms with E-state index in [9.17, 15) is 4.79 Å². The van der Waals surface area contributed by atoms with Crippen molar-refractivity contribution < 1.29 is 9.53 Å². The summed E-state index contributed by atoms with van der Waals surface area (Å²) in [6.45, 7) is 1.69. The highest BCUT2D eigenvalue weighted by Gasteiger charge is 2.56. The molecule has 1 heterocycles. The molecule has 4 nitrogen and oxygen atoms in total. The van der Waals surface area contributed by atoms with Gasteiger partial charge in [-0.25, -0.2) is 0 Å². The summed E-state index contributed by atoms with van der Waals surface area (Å²) in [5.41, 5.74) is 0. The highest BCUT2D eigenvalue weighted by molar-refractivity contribution is 5.85. The zero-order valence-corrected chi connectivity index (χ0v) is 11.0. The van der Waals surface area contributed by atoms with E-state index in [0.717, 1.165) is 13.1 Å². The molecule has 17 heavy (non-hydrogen) atoms. The molecule has 0 radical (unpaired) electrons. The van der Waals surface area contributed by atoms with Gasteiger partial charge in [0.1, 0.15) is 0 Å². The fourth-order valence-corrected chi connectivity index (χ4v) is 3.54. The summed E-state index contributed by atoms with van der Waals surface area (Å²) < 4.78 is 5.34. The van der Waals surface area contributed by atoms with Crippen molar-refractivity contribution in [1.29, 1.82) is 0 Å². The third kappa shape index (κ3) is 2.30. The van der Waals surface area contributed by atoms with E-state index in [1.165, 1.54) is 19.3 Å². The number of halogens is 1. The number of carbonyl (C=O) groups excluding carboxylic acids is 1. The summed E-state index contributed by atoms with van der Waals surface area (Å²) in [5.74, 6) is 2.00. The number of hydrogen-bond acceptors (Lipinski definition) is 3. The molecule has 0 aromatic carbocycles. The van der Waals surface area contributed by atoms with E-state index >= 15 is 0 Å². The highest BCUT2D eigenvalue weighted by Crippen LogP contribution is 2.57. The van der Waals surface area contributed by atoms with Crippen LogP contribution in [0.15, 0.2) is 0 Å². The van der Waals surface area contributed by atoms with Gasteiger partial charge in [-0.2, -0.15) is 0 Å². The molecule has 3 unspecified atom stereocenters. The molecule has 1 aliphatic heterocycles. The van der Waals surface area contributed by atoms with Gasteiger partial charge in [-0.3, -0.25) is 4.79 Å². The monoisotopic (exact) mass is 260 g/mol. The van der Waals surface area contributed by atoms with E-state index in [1.54, 1.807) is 7.11 Å². The number of nitrogens with one attached hydrogen (secondary N) is 2. The first-order chi connectivity index (χ1) is 7.81. The van der Waals surface area contributed by atoms with Crippen LogP contribution >= 0.6 is 12.4 Å². The summed E-state index contributed by atoms with van der Waals surface area (Å²) >= 11 is 0. The predicted molar refractivity (Wildman–Crippen MR) is 67.2 cm³/mol. The fourth-order valence-electron chi connectivity index (χ4n) is 3.54. The molecule has 0 aromatic heterocycles. The Labute approximate surface area is 108 Å². The summed E-state index contributed by atoms with van der Waals surface area (Å²) in [4.78, 5) is 12.0. The Morgan fingerprint density at radius 1 is 1.29 bits per heavy atom. The molecule has 1 saturated heterocycles. The molecule has 2 aliphatic carbocycles. The van der Waals surface area contributed by atoms with Gasteiger partial charge in [-0.1, -0.05) is 6.42 Å². The largest absolute Gasteiger partial charge is 0.378 e. The number of amides is 1. The van der Waals surface area contributed by atoms with Gasteiger partial charge in [0.2, 0.25) is 5.91 Å². The van der Waals surface area contributed by atoms with Crippen LogP contribution in [0, 0.1) is 17.8 Å². The lowest BCUT2D eigenvalue weighted by Crippen LogP contribution is -2.44. The van der Waals surface area contributed by atoms with Gasteiger partial charge in [0.05, 0.1) is 12.1 Å². The van der Waals surface area contributed by atoms with Crippen LogP contribution in [0.3, 0.4) is 0 Å². The van der Waals surface area contributed by atoms with Crippen molar-refractivity contribution in [2.45, 2.75) is 31.4 Å². The van der Waals surface area contributed by atoms with Crippen molar-refractivity contribution in [3.05, 3.63) is 0 Å². The van der Waals surface area contributed by atoms with Crippen molar-refractivity contribution >= 4 is 18.3 Å². The third-order valence-corrected chi connectivity index (χ3v) is 4.50. The summed E-state index contributed by atoms with van der Waals surface area (Å²) in [6, 6.07) is 0.166. The Morgan fingerprint density at radius 3 is 2.65 bits per heavy atom. The SMILES string of the molecule is CO[C@H]1CNCC1NC(=O)C1C2CCCC21.Cl. The van der Waals surface area contributed by atoms with Gasteiger partial charge in [-0.15, -0.1) is 12.4 Å². The number of rotatable bonds is 3. The number of carbonyl (C=O) groups is 1. The standard InChI is InChI=1S/C12H20N2O2.ClH/c1-16-10-6-13-5-9(10)14-12(15)11-7-3-2-4-8(7)11;/h7-11,13H,2-6H2,1H3,(H,14,15);1H/t7?,8?,9?,10-,11?;/m0./s1. The maximum absolute atomic E-state index is 12.0. The van der Waals surface area contributed by atoms with Gasteiger partial charge >= 0.3 is 0 Å². The van der Waals surface area contributed by atoms with Crippen LogP contribution in [0.5, 0.6) is 0 Å². The zero-order valence-electron chi connectivity index (χ0n) is 10.1. The minimum atomic E-state index is 0. The molecule has 2 saturated carbocycles. The van der Waals surface area contributed by atoms with Crippen molar-refractivity contribution in [2.75, 3.05) is 20.2 Å². The number of ether oxygens (including phenoxy) is 1. The van der Waals surface area contributed by atoms with E-state index in [-0.39, 0.29) is 30.5 Å². The Bertz CT molecular complexity index is 290. The Hall–Kier alpha value is -0.320. The molecule has 0 bridgehead atoms. The zero-order chi connectivity index (χ0) is 11.1. The maximum atomic E-state index is 12.0. The topological polar surface area (TPSA) is 50.4 Å². The van der Waals surface area contributed by atoms with E-state index in [1.807, 2.05) is 0 Å². The van der Waals surface area contributed by atoms with Crippen molar-refractivity contribution in [2.24, 2.45) is 17.8 Å². The van der Waals surface area contributed by atoms with Crippen LogP contribution in [0.25, 0.3) is 0 Å². The van der Waals surface area contributed by atoms with Crippen LogP contribution in [0.4, 0.5) is 0 Å². The van der Waals surface area contributed by atoms with Gasteiger partial charge in [0.15, 0.2) is 0 Å². The second-order valence-electron chi connectivity index (χ2n) is 5.33. The fraction of sp³-hybridized carbons (Fsp3) is 0.917. The van der Waals surface area contributed by atoms with E-state index in [2.05, 4.69) is 10.6 Å². The summed E-state index contributed by atoms with van der Waals surface area (Å²) in [5, 5.41) is 6.39. The summed E-state index contributed by atoms with van der Waals surface area (Å²) in [6.07, 6.45) is 3.99. The molecule has 0 aromatic rings. The average Bonchev–Trinajstić information content (AvgIpc) is 2.71. The van der Waals surface area contributed by atoms with Gasteiger partial charge in [0, 0.05) is 26.1 Å². The third-order valence-electron chi connectivity index (χ3n) is 4.50. The van der Waals surface area contributed by atoms with E-state index in [0.29, 0.717) is 17.8 Å². The number of fused-ring (bicyclic) bond motifs is 1. The average molecular weight is 261 g/mol. The van der Waals surface area contributed by atoms with E-state index < -0.39 is 0 Å². The van der Waals surface area contributed by atoms with Crippen molar-refractivity contribution in [1.82, 2.24) is 10.6 Å². The first-order valence-electron chi connectivity index (χ1n) is 6.35. The minimum absolute atomic E-state index is 0. The van der Waals surface area contributed by atoms with E-state index in [4.69, 9.17) is 4.74 Å². The molecule has 3 rings (SSSR count). The summed E-state index contributed by atoms with van der Waals surface area (Å²) in [7, 11) is 1.71. The predicted octanol–water partition coefficient (Wildman–Crippen LogP) is 0.557. The van der Waals surface area contributed by atoms with Crippen LogP contribution in [-0.4, -0.2) is 38.3 Å². The Morgan fingerprint density at radius 2 is 2.00 bits per heavy atom. The van der Waals surface area contributed by atoms with Crippen LogP contribution < -0.4 is 10.6 Å². The van der Waals surface area contributed by atoms with Crippen LogP contribution in [0.2, 0.25) is 0 Å². The Balaban J connectivity index is 0.00000108. The number of hydrogen-bond donors (Lipinski definition) is 2. The normalized spacial score (nSPS) is 42.8. The molecular weight excluding hydrogens is 240 g/mol. The molecule has 5 heteroatoms. The first-order valence-corrected chi connectivity index (χ1v) is 6.35. The molecule has 1 amide bonds. The molecule has 3 aliphatic rings. The van der Waals surface area contributed by atoms with Gasteiger partial charge in [0.25, 0.3) is 0 Å². The van der Waals surface area contributed by atoms with Crippen LogP contribution in [0.1, 0.15) is 19.3 Å². The quantitative estimate of drug-likeness (QED) is 0.780. The Kier molecular flexibility index (Phi) is 3.95. The molecule has 3 fully saturated rings. The first kappa shape index (κ1) is 13.1. The van der Waals surface area contributed by atoms with Crippen molar-refractivity contribution in [3.63, 3.8) is 0 Å². The van der Waals surface area contributed by atoms with Crippen molar-refractivity contribution in [3.8, 4) is 0 Å². The number of methoxy groups -OCH3 is 1. The maximum Gasteiger partial charge on any atom is 0.224 e. The molecule has 4 atom stereocenters. The molecule has 2 N–H and O–H groups in total. The minimum Gasteiger partial charge on any atom is -0.378 e. The highest BCUT2D eigenvalue weighted by atomic mass is 35.5. The lowest BCUT2D eigenvalue weighted by molar-refractivity contribution is -0.124. The molecular formula is C12H21ClN2O2. The second-order valence-corrected chi connectivity index (χ2v) is 5.33. The van der Waals surface area contributed by atoms with Crippen LogP contribution in [-0.2, 0) is 9.53 Å². The molecule has 0 spiro atoms. The lowest BCUT2D eigenvalue weighted by atomic mass is 10.1. The second kappa shape index (κ2) is 5.12. The lowest BCUT2D eigenvalue weighted by Gasteiger charge is -2.19. The smallest absolute Gasteiger partial charge is 0.224 e. The molecule has 98 valence electrons. The van der Waals surface area contributed by atoms with Gasteiger partial charge < -0.3 is 15.4 Å². The van der Waals surface area contributed by atoms with Gasteiger partial charge in [-0.05, 0) is 24.7 Å².